The standard InChI is InChI=1S/C29H29IN2O10S/c1-7-41-28(36)23-14(2)31-29-32(24(23)16-11-19(38-4)26(40-6)20(12-16)39-5)27(35)21(43-29)10-15-8-17(30)25(18(9-15)37-3)42-13-22(33)34/h8-12,24H,7,13H2,1-6H3,(H,33,34)/b21-10-/t24-/m1/s1. The molecule has 4 rings (SSSR count). The number of carbonyl (C=O) groups is 2. The van der Waals surface area contributed by atoms with Gasteiger partial charge in [0.1, 0.15) is 0 Å². The van der Waals surface area contributed by atoms with Crippen molar-refractivity contribution in [2.75, 3.05) is 41.7 Å². The molecule has 0 aliphatic carbocycles. The van der Waals surface area contributed by atoms with Crippen molar-refractivity contribution in [3.63, 3.8) is 0 Å². The van der Waals surface area contributed by atoms with Crippen LogP contribution in [0.1, 0.15) is 31.0 Å². The molecule has 228 valence electrons. The number of carboxylic acids is 1. The van der Waals surface area contributed by atoms with Gasteiger partial charge in [-0.25, -0.2) is 14.6 Å². The van der Waals surface area contributed by atoms with Gasteiger partial charge in [0.25, 0.3) is 5.56 Å². The number of rotatable bonds is 11. The highest BCUT2D eigenvalue weighted by Crippen LogP contribution is 2.42. The summed E-state index contributed by atoms with van der Waals surface area (Å²) in [6.07, 6.45) is 1.67. The molecule has 0 saturated carbocycles. The normalized spacial score (nSPS) is 14.5. The Kier molecular flexibility index (Phi) is 10.0. The van der Waals surface area contributed by atoms with E-state index in [4.69, 9.17) is 33.5 Å². The first kappa shape index (κ1) is 31.9. The van der Waals surface area contributed by atoms with Crippen LogP contribution in [0.5, 0.6) is 28.7 Å². The highest BCUT2D eigenvalue weighted by Gasteiger charge is 2.34. The molecule has 0 spiro atoms. The molecule has 0 radical (unpaired) electrons. The Morgan fingerprint density at radius 3 is 2.21 bits per heavy atom. The smallest absolute Gasteiger partial charge is 0.341 e. The van der Waals surface area contributed by atoms with E-state index in [-0.39, 0.29) is 17.9 Å². The number of aromatic nitrogens is 1. The van der Waals surface area contributed by atoms with Gasteiger partial charge in [-0.05, 0) is 77.9 Å². The minimum absolute atomic E-state index is 0.134. The number of hydrogen-bond donors (Lipinski definition) is 1. The number of hydrogen-bond acceptors (Lipinski definition) is 11. The van der Waals surface area contributed by atoms with E-state index in [1.54, 1.807) is 44.2 Å². The van der Waals surface area contributed by atoms with E-state index in [0.717, 1.165) is 11.3 Å². The number of aliphatic carboxylic acids is 1. The largest absolute Gasteiger partial charge is 0.493 e. The van der Waals surface area contributed by atoms with Gasteiger partial charge in [0.05, 0.1) is 60.5 Å². The monoisotopic (exact) mass is 724 g/mol. The second-order valence-corrected chi connectivity index (χ2v) is 11.1. The summed E-state index contributed by atoms with van der Waals surface area (Å²) in [5.41, 5.74) is 1.35. The molecule has 1 aliphatic rings. The second-order valence-electron chi connectivity index (χ2n) is 8.98. The summed E-state index contributed by atoms with van der Waals surface area (Å²) >= 11 is 3.17. The minimum Gasteiger partial charge on any atom is -0.493 e. The molecule has 3 aromatic rings. The van der Waals surface area contributed by atoms with Gasteiger partial charge in [-0.15, -0.1) is 0 Å². The number of fused-ring (bicyclic) bond motifs is 1. The molecule has 0 bridgehead atoms. The molecular formula is C29H29IN2O10S. The van der Waals surface area contributed by atoms with Crippen LogP contribution in [-0.2, 0) is 14.3 Å². The second kappa shape index (κ2) is 13.5. The van der Waals surface area contributed by atoms with Crippen molar-refractivity contribution in [3.05, 3.63) is 69.9 Å². The van der Waals surface area contributed by atoms with E-state index in [1.165, 1.54) is 33.0 Å². The van der Waals surface area contributed by atoms with Crippen molar-refractivity contribution in [3.8, 4) is 28.7 Å². The van der Waals surface area contributed by atoms with Gasteiger partial charge >= 0.3 is 11.9 Å². The zero-order valence-corrected chi connectivity index (χ0v) is 27.2. The van der Waals surface area contributed by atoms with Crippen LogP contribution in [-0.4, -0.2) is 63.3 Å². The van der Waals surface area contributed by atoms with E-state index in [9.17, 15) is 14.4 Å². The molecular weight excluding hydrogens is 695 g/mol. The maximum atomic E-state index is 14.0. The fourth-order valence-electron chi connectivity index (χ4n) is 4.61. The van der Waals surface area contributed by atoms with Crippen molar-refractivity contribution in [1.29, 1.82) is 0 Å². The maximum absolute atomic E-state index is 14.0. The third-order valence-corrected chi connectivity index (χ3v) is 8.19. The number of allylic oxidation sites excluding steroid dienone is 1. The number of esters is 1. The number of ether oxygens (including phenoxy) is 6. The predicted molar refractivity (Wildman–Crippen MR) is 165 cm³/mol. The maximum Gasteiger partial charge on any atom is 0.341 e. The van der Waals surface area contributed by atoms with Crippen LogP contribution < -0.4 is 38.6 Å². The third-order valence-electron chi connectivity index (χ3n) is 6.41. The van der Waals surface area contributed by atoms with Crippen LogP contribution in [0.3, 0.4) is 0 Å². The molecule has 0 saturated heterocycles. The van der Waals surface area contributed by atoms with Crippen LogP contribution in [0.4, 0.5) is 0 Å². The zero-order valence-electron chi connectivity index (χ0n) is 24.2. The summed E-state index contributed by atoms with van der Waals surface area (Å²) in [7, 11) is 5.88. The van der Waals surface area contributed by atoms with E-state index >= 15 is 0 Å². The number of halogens is 1. The highest BCUT2D eigenvalue weighted by molar-refractivity contribution is 14.1. The van der Waals surface area contributed by atoms with E-state index in [2.05, 4.69) is 4.99 Å². The Balaban J connectivity index is 1.95. The van der Waals surface area contributed by atoms with Crippen molar-refractivity contribution in [2.45, 2.75) is 19.9 Å². The summed E-state index contributed by atoms with van der Waals surface area (Å²) in [4.78, 5) is 43.3. The van der Waals surface area contributed by atoms with Gasteiger partial charge in [-0.3, -0.25) is 9.36 Å². The lowest BCUT2D eigenvalue weighted by atomic mass is 9.95. The van der Waals surface area contributed by atoms with Crippen molar-refractivity contribution in [1.82, 2.24) is 4.57 Å². The summed E-state index contributed by atoms with van der Waals surface area (Å²) in [5.74, 6) is -0.0781. The van der Waals surface area contributed by atoms with E-state index < -0.39 is 30.1 Å². The number of methoxy groups -OCH3 is 4. The van der Waals surface area contributed by atoms with E-state index in [1.807, 2.05) is 22.6 Å². The lowest BCUT2D eigenvalue weighted by Crippen LogP contribution is -2.40. The fourth-order valence-corrected chi connectivity index (χ4v) is 6.44. The number of carbonyl (C=O) groups excluding carboxylic acids is 1. The first-order chi connectivity index (χ1) is 20.6. The summed E-state index contributed by atoms with van der Waals surface area (Å²) in [6, 6.07) is 5.84. The molecule has 12 nitrogen and oxygen atoms in total. The van der Waals surface area contributed by atoms with Crippen molar-refractivity contribution < 1.29 is 43.1 Å². The van der Waals surface area contributed by atoms with Gasteiger partial charge in [0.15, 0.2) is 34.4 Å². The average Bonchev–Trinajstić information content (AvgIpc) is 3.28. The number of carboxylic acid groups (broad SMARTS) is 1. The molecule has 0 unspecified atom stereocenters. The third kappa shape index (κ3) is 6.34. The Morgan fingerprint density at radius 1 is 1.02 bits per heavy atom. The summed E-state index contributed by atoms with van der Waals surface area (Å²) in [6.45, 7) is 2.99. The number of benzene rings is 2. The zero-order chi connectivity index (χ0) is 31.4. The predicted octanol–water partition coefficient (Wildman–Crippen LogP) is 2.90. The molecule has 1 aromatic heterocycles. The molecule has 0 amide bonds. The highest BCUT2D eigenvalue weighted by atomic mass is 127. The number of thiazole rings is 1. The van der Waals surface area contributed by atoms with Crippen molar-refractivity contribution in [2.24, 2.45) is 4.99 Å². The Hall–Kier alpha value is -4.05. The molecule has 1 aliphatic heterocycles. The Morgan fingerprint density at radius 2 is 1.65 bits per heavy atom. The molecule has 2 aromatic carbocycles. The van der Waals surface area contributed by atoms with Gasteiger partial charge in [0, 0.05) is 0 Å². The van der Waals surface area contributed by atoms with Gasteiger partial charge < -0.3 is 33.5 Å². The van der Waals surface area contributed by atoms with Gasteiger partial charge in [-0.2, -0.15) is 0 Å². The number of nitrogens with zero attached hydrogens (tertiary/aromatic N) is 2. The van der Waals surface area contributed by atoms with Crippen LogP contribution >= 0.6 is 33.9 Å². The lowest BCUT2D eigenvalue weighted by Gasteiger charge is -2.26. The summed E-state index contributed by atoms with van der Waals surface area (Å²) in [5, 5.41) is 9.01. The average molecular weight is 725 g/mol. The molecule has 43 heavy (non-hydrogen) atoms. The van der Waals surface area contributed by atoms with E-state index in [0.29, 0.717) is 52.7 Å². The summed E-state index contributed by atoms with van der Waals surface area (Å²) < 4.78 is 35.1. The van der Waals surface area contributed by atoms with Crippen LogP contribution in [0.2, 0.25) is 0 Å². The topological polar surface area (TPSA) is 144 Å². The first-order valence-electron chi connectivity index (χ1n) is 12.8. The van der Waals surface area contributed by atoms with Crippen LogP contribution in [0.15, 0.2) is 45.3 Å². The Bertz CT molecular complexity index is 1770. The quantitative estimate of drug-likeness (QED) is 0.232. The molecule has 14 heteroatoms. The Labute approximate surface area is 263 Å². The molecule has 0 fully saturated rings. The van der Waals surface area contributed by atoms with Crippen LogP contribution in [0, 0.1) is 3.57 Å². The SMILES string of the molecule is CCOC(=O)C1=C(C)N=c2s/c(=C\c3cc(I)c(OCC(=O)O)c(OC)c3)c(=O)n2[C@@H]1c1cc(OC)c(OC)c(OC)c1. The first-order valence-corrected chi connectivity index (χ1v) is 14.7. The lowest BCUT2D eigenvalue weighted by molar-refractivity contribution is -0.140. The molecule has 2 heterocycles. The van der Waals surface area contributed by atoms with Crippen molar-refractivity contribution >= 4 is 51.9 Å². The fraction of sp³-hybridized carbons (Fsp3) is 0.310. The molecule has 1 atom stereocenters. The van der Waals surface area contributed by atoms with Crippen LogP contribution in [0.25, 0.3) is 6.08 Å². The van der Waals surface area contributed by atoms with Gasteiger partial charge in [0.2, 0.25) is 5.75 Å². The van der Waals surface area contributed by atoms with Gasteiger partial charge in [-0.1, -0.05) is 11.3 Å². The minimum atomic E-state index is -1.12. The molecule has 1 N–H and O–H groups in total.